The molecule has 11 aromatic rings. The first-order valence-corrected chi connectivity index (χ1v) is 21.2. The minimum Gasteiger partial charge on any atom is -0.247 e. The minimum absolute atomic E-state index is 0.639. The van der Waals surface area contributed by atoms with E-state index in [2.05, 4.69) is 158 Å². The first-order chi connectivity index (χ1) is 30.2. The van der Waals surface area contributed by atoms with Crippen LogP contribution in [0.4, 0.5) is 0 Å². The van der Waals surface area contributed by atoms with E-state index in [-0.39, 0.29) is 0 Å². The third-order valence-electron chi connectivity index (χ3n) is 11.2. The van der Waals surface area contributed by atoms with Crippen LogP contribution in [0.1, 0.15) is 0 Å². The average molecular weight is 797 g/mol. The van der Waals surface area contributed by atoms with Crippen LogP contribution in [0.15, 0.2) is 218 Å². The van der Waals surface area contributed by atoms with Crippen molar-refractivity contribution in [1.82, 2.24) is 19.9 Å². The van der Waals surface area contributed by atoms with Crippen molar-refractivity contribution in [3.05, 3.63) is 218 Å². The monoisotopic (exact) mass is 796 g/mol. The van der Waals surface area contributed by atoms with Gasteiger partial charge in [0.2, 0.25) is 0 Å². The van der Waals surface area contributed by atoms with Gasteiger partial charge < -0.3 is 0 Å². The maximum atomic E-state index is 5.36. The van der Waals surface area contributed by atoms with Crippen molar-refractivity contribution >= 4 is 32.3 Å². The molecule has 286 valence electrons. The maximum absolute atomic E-state index is 5.36. The van der Waals surface area contributed by atoms with Gasteiger partial charge in [0.05, 0.1) is 11.2 Å². The van der Waals surface area contributed by atoms with Gasteiger partial charge in [-0.25, -0.2) is 19.9 Å². The highest BCUT2D eigenvalue weighted by Crippen LogP contribution is 2.50. The topological polar surface area (TPSA) is 51.6 Å². The van der Waals surface area contributed by atoms with Crippen molar-refractivity contribution in [2.45, 2.75) is 0 Å². The fourth-order valence-corrected chi connectivity index (χ4v) is 9.48. The number of hydrogen-bond acceptors (Lipinski definition) is 5. The van der Waals surface area contributed by atoms with Gasteiger partial charge in [0, 0.05) is 48.2 Å². The van der Waals surface area contributed by atoms with E-state index in [1.165, 1.54) is 37.2 Å². The molecule has 0 N–H and O–H groups in total. The predicted molar refractivity (Wildman–Crippen MR) is 254 cm³/mol. The molecule has 3 aromatic heterocycles. The van der Waals surface area contributed by atoms with Gasteiger partial charge >= 0.3 is 0 Å². The van der Waals surface area contributed by atoms with Gasteiger partial charge in [-0.3, -0.25) is 0 Å². The summed E-state index contributed by atoms with van der Waals surface area (Å²) in [6.07, 6.45) is 0. The molecule has 5 heteroatoms. The Hall–Kier alpha value is -7.86. The lowest BCUT2D eigenvalue weighted by atomic mass is 9.92. The zero-order valence-corrected chi connectivity index (χ0v) is 33.8. The third-order valence-corrected chi connectivity index (χ3v) is 12.4. The number of pyridine rings is 1. The molecular formula is C56H36N4S. The molecule has 11 rings (SSSR count). The molecule has 61 heavy (non-hydrogen) atoms. The summed E-state index contributed by atoms with van der Waals surface area (Å²) in [4.78, 5) is 21.3. The Morgan fingerprint density at radius 3 is 1.28 bits per heavy atom. The lowest BCUT2D eigenvalue weighted by Crippen LogP contribution is -2.00. The Bertz CT molecular complexity index is 3250. The van der Waals surface area contributed by atoms with Crippen LogP contribution in [0, 0.1) is 0 Å². The summed E-state index contributed by atoms with van der Waals surface area (Å²) in [7, 11) is 0. The molecule has 0 unspecified atom stereocenters. The van der Waals surface area contributed by atoms with Gasteiger partial charge in [0.15, 0.2) is 17.5 Å². The van der Waals surface area contributed by atoms with Crippen molar-refractivity contribution in [3.8, 4) is 89.2 Å². The van der Waals surface area contributed by atoms with Crippen LogP contribution in [0.25, 0.3) is 110 Å². The molecule has 8 aromatic carbocycles. The standard InChI is InChI=1S/C56H36N4S/c1-5-16-37(17-6-1)45-24-15-25-46(36-45)49-50-51(40-18-7-2-8-19-40)57-48-27-14-13-26-47(48)53(50)61-52(49)41-32-28-38(29-33-41)39-30-34-44(35-31-39)56-59-54(42-20-9-3-10-21-42)58-55(60-56)43-22-11-4-12-23-43/h1-36H. The van der Waals surface area contributed by atoms with Gasteiger partial charge in [-0.05, 0) is 45.5 Å². The highest BCUT2D eigenvalue weighted by molar-refractivity contribution is 7.24. The molecule has 0 spiro atoms. The molecule has 0 aliphatic carbocycles. The van der Waals surface area contributed by atoms with Gasteiger partial charge in [-0.1, -0.05) is 206 Å². The molecule has 0 aliphatic rings. The fourth-order valence-electron chi connectivity index (χ4n) is 8.12. The van der Waals surface area contributed by atoms with E-state index in [1.807, 2.05) is 72.0 Å². The highest BCUT2D eigenvalue weighted by Gasteiger charge is 2.23. The summed E-state index contributed by atoms with van der Waals surface area (Å²) in [5.41, 5.74) is 14.1. The van der Waals surface area contributed by atoms with E-state index in [0.29, 0.717) is 17.5 Å². The number of fused-ring (bicyclic) bond motifs is 3. The van der Waals surface area contributed by atoms with Crippen LogP contribution in [0.2, 0.25) is 0 Å². The van der Waals surface area contributed by atoms with Crippen molar-refractivity contribution in [1.29, 1.82) is 0 Å². The molecular weight excluding hydrogens is 761 g/mol. The van der Waals surface area contributed by atoms with E-state index in [1.54, 1.807) is 0 Å². The molecule has 0 amide bonds. The number of para-hydroxylation sites is 1. The first-order valence-electron chi connectivity index (χ1n) is 20.4. The van der Waals surface area contributed by atoms with E-state index in [0.717, 1.165) is 55.5 Å². The fraction of sp³-hybridized carbons (Fsp3) is 0. The molecule has 0 aliphatic heterocycles. The van der Waals surface area contributed by atoms with Crippen molar-refractivity contribution in [2.24, 2.45) is 0 Å². The van der Waals surface area contributed by atoms with Gasteiger partial charge in [-0.2, -0.15) is 0 Å². The number of aromatic nitrogens is 4. The van der Waals surface area contributed by atoms with E-state index in [4.69, 9.17) is 19.9 Å². The maximum Gasteiger partial charge on any atom is 0.164 e. The summed E-state index contributed by atoms with van der Waals surface area (Å²) in [5, 5.41) is 2.34. The number of nitrogens with zero attached hydrogens (tertiary/aromatic N) is 4. The second-order valence-electron chi connectivity index (χ2n) is 15.0. The van der Waals surface area contributed by atoms with Crippen LogP contribution in [0.3, 0.4) is 0 Å². The normalized spacial score (nSPS) is 11.3. The highest BCUT2D eigenvalue weighted by atomic mass is 32.1. The first kappa shape index (κ1) is 36.2. The number of hydrogen-bond donors (Lipinski definition) is 0. The molecule has 4 nitrogen and oxygen atoms in total. The predicted octanol–water partition coefficient (Wildman–Crippen LogP) is 15.0. The summed E-state index contributed by atoms with van der Waals surface area (Å²) < 4.78 is 1.24. The van der Waals surface area contributed by atoms with Gasteiger partial charge in [0.1, 0.15) is 0 Å². The Morgan fingerprint density at radius 2 is 0.705 bits per heavy atom. The second-order valence-corrected chi connectivity index (χ2v) is 16.0. The second kappa shape index (κ2) is 15.7. The quantitative estimate of drug-likeness (QED) is 0.154. The smallest absolute Gasteiger partial charge is 0.164 e. The molecule has 0 saturated carbocycles. The molecule has 3 heterocycles. The number of rotatable bonds is 8. The molecule has 0 radical (unpaired) electrons. The summed E-state index contributed by atoms with van der Waals surface area (Å²) in [5.74, 6) is 1.94. The van der Waals surface area contributed by atoms with Crippen LogP contribution >= 0.6 is 11.3 Å². The van der Waals surface area contributed by atoms with Gasteiger partial charge in [-0.15, -0.1) is 11.3 Å². The van der Waals surface area contributed by atoms with Crippen LogP contribution in [-0.4, -0.2) is 19.9 Å². The van der Waals surface area contributed by atoms with Crippen molar-refractivity contribution in [2.75, 3.05) is 0 Å². The summed E-state index contributed by atoms with van der Waals surface area (Å²) in [6, 6.07) is 76.4. The molecule has 0 saturated heterocycles. The zero-order chi connectivity index (χ0) is 40.5. The van der Waals surface area contributed by atoms with Crippen LogP contribution in [-0.2, 0) is 0 Å². The summed E-state index contributed by atoms with van der Waals surface area (Å²) >= 11 is 1.85. The van der Waals surface area contributed by atoms with Crippen molar-refractivity contribution in [3.63, 3.8) is 0 Å². The largest absolute Gasteiger partial charge is 0.247 e. The Labute approximate surface area is 358 Å². The lowest BCUT2D eigenvalue weighted by molar-refractivity contribution is 1.07. The third kappa shape index (κ3) is 6.97. The van der Waals surface area contributed by atoms with Crippen LogP contribution in [0.5, 0.6) is 0 Å². The number of thiophene rings is 1. The molecule has 0 atom stereocenters. The van der Waals surface area contributed by atoms with Crippen molar-refractivity contribution < 1.29 is 0 Å². The minimum atomic E-state index is 0.639. The van der Waals surface area contributed by atoms with E-state index in [9.17, 15) is 0 Å². The summed E-state index contributed by atoms with van der Waals surface area (Å²) in [6.45, 7) is 0. The Morgan fingerprint density at radius 1 is 0.295 bits per heavy atom. The molecule has 0 bridgehead atoms. The van der Waals surface area contributed by atoms with Crippen LogP contribution < -0.4 is 0 Å². The van der Waals surface area contributed by atoms with E-state index >= 15 is 0 Å². The Balaban J connectivity index is 1.02. The Kier molecular flexibility index (Phi) is 9.34. The zero-order valence-electron chi connectivity index (χ0n) is 33.0. The SMILES string of the molecule is c1ccc(-c2cccc(-c3c(-c4ccc(-c5ccc(-c6nc(-c7ccccc7)nc(-c7ccccc7)n6)cc5)cc4)sc4c3c(-c3ccccc3)nc3ccccc34)c2)cc1. The number of benzene rings is 8. The average Bonchev–Trinajstić information content (AvgIpc) is 3.76. The lowest BCUT2D eigenvalue weighted by Gasteiger charge is -2.12. The van der Waals surface area contributed by atoms with Gasteiger partial charge in [0.25, 0.3) is 0 Å². The molecule has 0 fully saturated rings. The van der Waals surface area contributed by atoms with E-state index < -0.39 is 0 Å².